The molecule has 2 rings (SSSR count). The number of carbonyl (C=O) groups is 2. The van der Waals surface area contributed by atoms with Crippen LogP contribution in [0.2, 0.25) is 0 Å². The molecule has 3 N–H and O–H groups in total. The van der Waals surface area contributed by atoms with Crippen LogP contribution in [0.4, 0.5) is 11.4 Å². The minimum Gasteiger partial charge on any atom is -0.506 e. The van der Waals surface area contributed by atoms with E-state index in [0.29, 0.717) is 11.3 Å². The Labute approximate surface area is 116 Å². The minimum atomic E-state index is -0.362. The molecule has 0 fully saturated rings. The highest BCUT2D eigenvalue weighted by atomic mass is 16.3. The maximum atomic E-state index is 12.1. The van der Waals surface area contributed by atoms with Gasteiger partial charge in [-0.2, -0.15) is 0 Å². The minimum absolute atomic E-state index is 0.111. The lowest BCUT2D eigenvalue weighted by molar-refractivity contribution is -0.114. The smallest absolute Gasteiger partial charge is 0.255 e. The van der Waals surface area contributed by atoms with Crippen LogP contribution in [0, 0.1) is 0 Å². The van der Waals surface area contributed by atoms with Gasteiger partial charge in [-0.05, 0) is 24.3 Å². The number of anilines is 2. The van der Waals surface area contributed by atoms with E-state index in [2.05, 4.69) is 10.6 Å². The van der Waals surface area contributed by atoms with Gasteiger partial charge in [0, 0.05) is 12.5 Å². The highest BCUT2D eigenvalue weighted by Crippen LogP contribution is 2.31. The summed E-state index contributed by atoms with van der Waals surface area (Å²) in [5.74, 6) is -0.759. The van der Waals surface area contributed by atoms with Gasteiger partial charge in [0.1, 0.15) is 11.4 Å². The molecule has 2 amide bonds. The summed E-state index contributed by atoms with van der Waals surface area (Å²) >= 11 is 0. The van der Waals surface area contributed by atoms with E-state index in [1.54, 1.807) is 42.5 Å². The van der Waals surface area contributed by atoms with Crippen molar-refractivity contribution in [3.05, 3.63) is 54.1 Å². The van der Waals surface area contributed by atoms with E-state index in [1.165, 1.54) is 13.0 Å². The van der Waals surface area contributed by atoms with E-state index in [0.717, 1.165) is 0 Å². The van der Waals surface area contributed by atoms with Gasteiger partial charge in [-0.25, -0.2) is 0 Å². The van der Waals surface area contributed by atoms with Crippen molar-refractivity contribution in [1.29, 1.82) is 0 Å². The third-order valence-electron chi connectivity index (χ3n) is 2.63. The molecular weight excluding hydrogens is 256 g/mol. The number of carbonyl (C=O) groups excluding carboxylic acids is 2. The Morgan fingerprint density at radius 1 is 0.950 bits per heavy atom. The number of hydrogen-bond acceptors (Lipinski definition) is 3. The number of phenols is 1. The highest BCUT2D eigenvalue weighted by molar-refractivity contribution is 6.08. The van der Waals surface area contributed by atoms with Crippen molar-refractivity contribution in [2.75, 3.05) is 10.6 Å². The maximum Gasteiger partial charge on any atom is 0.255 e. The summed E-state index contributed by atoms with van der Waals surface area (Å²) in [6.45, 7) is 1.35. The Morgan fingerprint density at radius 2 is 1.65 bits per heavy atom. The lowest BCUT2D eigenvalue weighted by atomic mass is 10.2. The van der Waals surface area contributed by atoms with Gasteiger partial charge in [0.15, 0.2) is 0 Å². The summed E-state index contributed by atoms with van der Waals surface area (Å²) in [5, 5.41) is 15.0. The third-order valence-corrected chi connectivity index (χ3v) is 2.63. The number of para-hydroxylation sites is 1. The number of nitrogens with one attached hydrogen (secondary N) is 2. The van der Waals surface area contributed by atoms with Crippen LogP contribution in [0.15, 0.2) is 48.5 Å². The quantitative estimate of drug-likeness (QED) is 0.750. The summed E-state index contributed by atoms with van der Waals surface area (Å²) in [6, 6.07) is 13.2. The fraction of sp³-hybridized carbons (Fsp3) is 0.0667. The van der Waals surface area contributed by atoms with Crippen molar-refractivity contribution < 1.29 is 14.7 Å². The lowest BCUT2D eigenvalue weighted by Crippen LogP contribution is -2.15. The number of hydrogen-bond donors (Lipinski definition) is 3. The number of amides is 2. The molecule has 5 heteroatoms. The van der Waals surface area contributed by atoms with Crippen LogP contribution in [-0.2, 0) is 4.79 Å². The first-order valence-electron chi connectivity index (χ1n) is 6.04. The maximum absolute atomic E-state index is 12.1. The molecular formula is C15H14N2O3. The van der Waals surface area contributed by atoms with Crippen LogP contribution < -0.4 is 10.6 Å². The molecule has 0 saturated carbocycles. The van der Waals surface area contributed by atoms with Crippen molar-refractivity contribution in [1.82, 2.24) is 0 Å². The molecule has 0 radical (unpaired) electrons. The first-order valence-corrected chi connectivity index (χ1v) is 6.04. The molecule has 0 atom stereocenters. The monoisotopic (exact) mass is 270 g/mol. The fourth-order valence-electron chi connectivity index (χ4n) is 1.74. The Balaban J connectivity index is 2.29. The predicted octanol–water partition coefficient (Wildman–Crippen LogP) is 2.60. The van der Waals surface area contributed by atoms with Crippen molar-refractivity contribution >= 4 is 23.2 Å². The van der Waals surface area contributed by atoms with Gasteiger partial charge in [-0.1, -0.05) is 24.3 Å². The van der Waals surface area contributed by atoms with Gasteiger partial charge < -0.3 is 15.7 Å². The second-order valence-corrected chi connectivity index (χ2v) is 4.20. The molecule has 20 heavy (non-hydrogen) atoms. The molecule has 0 spiro atoms. The summed E-state index contributed by atoms with van der Waals surface area (Å²) in [6.07, 6.45) is 0. The van der Waals surface area contributed by atoms with Crippen LogP contribution in [0.25, 0.3) is 0 Å². The molecule has 2 aromatic carbocycles. The standard InChI is InChI=1S/C15H14N2O3/c1-10(18)16-12-8-5-9-13(19)14(12)17-15(20)11-6-3-2-4-7-11/h2-9,19H,1H3,(H,16,18)(H,17,20). The molecule has 0 aliphatic rings. The van der Waals surface area contributed by atoms with Crippen molar-refractivity contribution in [2.24, 2.45) is 0 Å². The Hall–Kier alpha value is -2.82. The van der Waals surface area contributed by atoms with E-state index in [4.69, 9.17) is 0 Å². The molecule has 0 saturated heterocycles. The lowest BCUT2D eigenvalue weighted by Gasteiger charge is -2.13. The number of benzene rings is 2. The van der Waals surface area contributed by atoms with Crippen LogP contribution >= 0.6 is 0 Å². The molecule has 102 valence electrons. The molecule has 2 aromatic rings. The van der Waals surface area contributed by atoms with E-state index in [1.807, 2.05) is 0 Å². The average molecular weight is 270 g/mol. The van der Waals surface area contributed by atoms with Gasteiger partial charge in [-0.3, -0.25) is 9.59 Å². The second-order valence-electron chi connectivity index (χ2n) is 4.20. The van der Waals surface area contributed by atoms with Crippen LogP contribution in [0.1, 0.15) is 17.3 Å². The normalized spacial score (nSPS) is 9.85. The Bertz CT molecular complexity index is 639. The van der Waals surface area contributed by atoms with E-state index >= 15 is 0 Å². The van der Waals surface area contributed by atoms with Gasteiger partial charge in [0.05, 0.1) is 5.69 Å². The fourth-order valence-corrected chi connectivity index (χ4v) is 1.74. The van der Waals surface area contributed by atoms with Crippen LogP contribution in [0.5, 0.6) is 5.75 Å². The van der Waals surface area contributed by atoms with Gasteiger partial charge in [-0.15, -0.1) is 0 Å². The largest absolute Gasteiger partial charge is 0.506 e. The molecule has 0 aromatic heterocycles. The SMILES string of the molecule is CC(=O)Nc1cccc(O)c1NC(=O)c1ccccc1. The summed E-state index contributed by atoms with van der Waals surface area (Å²) < 4.78 is 0. The highest BCUT2D eigenvalue weighted by Gasteiger charge is 2.13. The summed E-state index contributed by atoms with van der Waals surface area (Å²) in [5.41, 5.74) is 0.989. The third kappa shape index (κ3) is 3.14. The topological polar surface area (TPSA) is 78.4 Å². The predicted molar refractivity (Wildman–Crippen MR) is 76.8 cm³/mol. The summed E-state index contributed by atoms with van der Waals surface area (Å²) in [7, 11) is 0. The Kier molecular flexibility index (Phi) is 4.00. The summed E-state index contributed by atoms with van der Waals surface area (Å²) in [4.78, 5) is 23.2. The van der Waals surface area contributed by atoms with Gasteiger partial charge >= 0.3 is 0 Å². The number of phenolic OH excluding ortho intramolecular Hbond substituents is 1. The zero-order valence-corrected chi connectivity index (χ0v) is 10.9. The van der Waals surface area contributed by atoms with Crippen LogP contribution in [-0.4, -0.2) is 16.9 Å². The molecule has 0 aliphatic carbocycles. The second kappa shape index (κ2) is 5.88. The van der Waals surface area contributed by atoms with E-state index in [9.17, 15) is 14.7 Å². The number of aromatic hydroxyl groups is 1. The van der Waals surface area contributed by atoms with Crippen molar-refractivity contribution in [3.8, 4) is 5.75 Å². The van der Waals surface area contributed by atoms with E-state index < -0.39 is 0 Å². The zero-order chi connectivity index (χ0) is 14.5. The van der Waals surface area contributed by atoms with Crippen LogP contribution in [0.3, 0.4) is 0 Å². The molecule has 0 aliphatic heterocycles. The number of rotatable bonds is 3. The molecule has 0 unspecified atom stereocenters. The van der Waals surface area contributed by atoms with Crippen molar-refractivity contribution in [2.45, 2.75) is 6.92 Å². The molecule has 0 heterocycles. The van der Waals surface area contributed by atoms with E-state index in [-0.39, 0.29) is 23.3 Å². The molecule has 0 bridgehead atoms. The van der Waals surface area contributed by atoms with Gasteiger partial charge in [0.2, 0.25) is 5.91 Å². The first-order chi connectivity index (χ1) is 9.58. The zero-order valence-electron chi connectivity index (χ0n) is 10.9. The van der Waals surface area contributed by atoms with Crippen molar-refractivity contribution in [3.63, 3.8) is 0 Å². The van der Waals surface area contributed by atoms with Gasteiger partial charge in [0.25, 0.3) is 5.91 Å². The first kappa shape index (κ1) is 13.6. The molecule has 5 nitrogen and oxygen atoms in total. The average Bonchev–Trinajstić information content (AvgIpc) is 2.43. The Morgan fingerprint density at radius 3 is 2.30 bits per heavy atom.